The van der Waals surface area contributed by atoms with Crippen LogP contribution in [-0.2, 0) is 14.4 Å². The van der Waals surface area contributed by atoms with Gasteiger partial charge in [-0.25, -0.2) is 24.8 Å². The summed E-state index contributed by atoms with van der Waals surface area (Å²) in [6.07, 6.45) is 4.59. The summed E-state index contributed by atoms with van der Waals surface area (Å²) in [4.78, 5) is 60.6. The Morgan fingerprint density at radius 2 is 1.67 bits per heavy atom. The van der Waals surface area contributed by atoms with Crippen molar-refractivity contribution in [3.8, 4) is 5.75 Å². The molecular weight excluding hydrogens is 502 g/mol. The zero-order valence-corrected chi connectivity index (χ0v) is 21.1. The number of carbonyl (C=O) groups excluding carboxylic acids is 3. The van der Waals surface area contributed by atoms with Crippen LogP contribution in [0, 0.1) is 0 Å². The predicted octanol–water partition coefficient (Wildman–Crippen LogP) is 1.78. The van der Waals surface area contributed by atoms with Crippen molar-refractivity contribution >= 4 is 35.1 Å². The lowest BCUT2D eigenvalue weighted by Gasteiger charge is -2.34. The number of methoxy groups -OCH3 is 1. The third-order valence-corrected chi connectivity index (χ3v) is 6.15. The second kappa shape index (κ2) is 11.5. The first-order chi connectivity index (χ1) is 19.0. The largest absolute Gasteiger partial charge is 0.497 e. The Hall–Kier alpha value is -5.10. The molecule has 3 heterocycles. The van der Waals surface area contributed by atoms with Crippen molar-refractivity contribution in [3.63, 3.8) is 0 Å². The average Bonchev–Trinajstić information content (AvgIpc) is 3.36. The third kappa shape index (κ3) is 5.75. The molecule has 2 saturated heterocycles. The van der Waals surface area contributed by atoms with Gasteiger partial charge in [0.2, 0.25) is 5.95 Å². The third-order valence-electron chi connectivity index (χ3n) is 6.15. The van der Waals surface area contributed by atoms with E-state index in [0.717, 1.165) is 0 Å². The SMILES string of the molecule is COc1ccc(N2NOC(=O)/C2=C\C(=NC(=O)c2ccccc2)C(=O)N2CCN(c3ncccn3)CC2)cc1. The van der Waals surface area contributed by atoms with Gasteiger partial charge in [0.15, 0.2) is 5.70 Å². The van der Waals surface area contributed by atoms with Crippen LogP contribution in [0.4, 0.5) is 11.6 Å². The summed E-state index contributed by atoms with van der Waals surface area (Å²) < 4.78 is 5.19. The molecule has 2 fully saturated rings. The highest BCUT2D eigenvalue weighted by Crippen LogP contribution is 2.25. The number of piperazine rings is 1. The Morgan fingerprint density at radius 1 is 0.974 bits per heavy atom. The second-order valence-corrected chi connectivity index (χ2v) is 8.54. The number of hydrogen-bond donors (Lipinski definition) is 1. The highest BCUT2D eigenvalue weighted by molar-refractivity contribution is 6.45. The number of hydrogen-bond acceptors (Lipinski definition) is 10. The minimum absolute atomic E-state index is 0.00977. The Labute approximate surface area is 224 Å². The number of aliphatic imine (C=N–C) groups is 1. The van der Waals surface area contributed by atoms with Gasteiger partial charge in [-0.3, -0.25) is 9.59 Å². The second-order valence-electron chi connectivity index (χ2n) is 8.54. The van der Waals surface area contributed by atoms with Crippen LogP contribution in [0.1, 0.15) is 10.4 Å². The monoisotopic (exact) mass is 527 g/mol. The number of benzene rings is 2. The number of carbonyl (C=O) groups is 3. The van der Waals surface area contributed by atoms with Crippen molar-refractivity contribution in [1.29, 1.82) is 0 Å². The van der Waals surface area contributed by atoms with Gasteiger partial charge in [-0.1, -0.05) is 23.8 Å². The Balaban J connectivity index is 1.44. The van der Waals surface area contributed by atoms with Crippen LogP contribution in [0.5, 0.6) is 5.75 Å². The molecule has 0 aliphatic carbocycles. The number of amides is 2. The molecule has 12 nitrogen and oxygen atoms in total. The van der Waals surface area contributed by atoms with Crippen LogP contribution in [0.25, 0.3) is 0 Å². The topological polar surface area (TPSA) is 130 Å². The first kappa shape index (κ1) is 25.5. The van der Waals surface area contributed by atoms with E-state index in [2.05, 4.69) is 20.5 Å². The van der Waals surface area contributed by atoms with Gasteiger partial charge >= 0.3 is 5.97 Å². The maximum Gasteiger partial charge on any atom is 0.376 e. The molecule has 2 aromatic carbocycles. The van der Waals surface area contributed by atoms with Gasteiger partial charge in [-0.15, -0.1) is 0 Å². The fraction of sp³-hybridized carbons (Fsp3) is 0.185. The zero-order chi connectivity index (χ0) is 27.2. The van der Waals surface area contributed by atoms with Crippen molar-refractivity contribution in [3.05, 3.63) is 90.4 Å². The van der Waals surface area contributed by atoms with Gasteiger partial charge in [-0.05, 0) is 42.5 Å². The summed E-state index contributed by atoms with van der Waals surface area (Å²) in [6.45, 7) is 1.69. The van der Waals surface area contributed by atoms with Crippen molar-refractivity contribution in [2.75, 3.05) is 43.2 Å². The maximum atomic E-state index is 13.7. The summed E-state index contributed by atoms with van der Waals surface area (Å²) in [7, 11) is 1.55. The summed E-state index contributed by atoms with van der Waals surface area (Å²) in [5.74, 6) is -0.627. The van der Waals surface area contributed by atoms with Gasteiger partial charge in [0.1, 0.15) is 11.5 Å². The Kier molecular flexibility index (Phi) is 7.55. The summed E-state index contributed by atoms with van der Waals surface area (Å²) in [6, 6.07) is 17.0. The quantitative estimate of drug-likeness (QED) is 0.374. The van der Waals surface area contributed by atoms with Crippen LogP contribution < -0.4 is 20.2 Å². The van der Waals surface area contributed by atoms with E-state index in [-0.39, 0.29) is 11.4 Å². The van der Waals surface area contributed by atoms with E-state index in [1.54, 1.807) is 85.1 Å². The number of nitrogens with one attached hydrogen (secondary N) is 1. The Bertz CT molecular complexity index is 1400. The number of anilines is 2. The molecule has 0 saturated carbocycles. The van der Waals surface area contributed by atoms with Crippen LogP contribution in [-0.4, -0.2) is 71.7 Å². The lowest BCUT2D eigenvalue weighted by molar-refractivity contribution is -0.140. The molecule has 198 valence electrons. The molecule has 0 unspecified atom stereocenters. The van der Waals surface area contributed by atoms with Crippen LogP contribution in [0.15, 0.2) is 89.8 Å². The van der Waals surface area contributed by atoms with Crippen molar-refractivity contribution in [2.45, 2.75) is 0 Å². The summed E-state index contributed by atoms with van der Waals surface area (Å²) >= 11 is 0. The summed E-state index contributed by atoms with van der Waals surface area (Å²) in [5, 5.41) is 1.36. The standard InChI is InChI=1S/C27H25N7O5/c1-38-21-10-8-20(9-11-21)34-23(26(37)39-31-34)18-22(30-24(35)19-6-3-2-4-7-19)25(36)32-14-16-33(17-15-32)27-28-12-5-13-29-27/h2-13,18,31H,14-17H2,1H3/b23-18+,30-22?. The van der Waals surface area contributed by atoms with Crippen molar-refractivity contribution in [1.82, 2.24) is 20.5 Å². The average molecular weight is 528 g/mol. The molecule has 2 aliphatic heterocycles. The normalized spacial score (nSPS) is 16.8. The number of hydrazine groups is 1. The first-order valence-corrected chi connectivity index (χ1v) is 12.2. The fourth-order valence-corrected chi connectivity index (χ4v) is 4.08. The van der Waals surface area contributed by atoms with Crippen LogP contribution in [0.2, 0.25) is 0 Å². The highest BCUT2D eigenvalue weighted by atomic mass is 16.7. The minimum Gasteiger partial charge on any atom is -0.497 e. The smallest absolute Gasteiger partial charge is 0.376 e. The van der Waals surface area contributed by atoms with Gasteiger partial charge in [-0.2, -0.15) is 0 Å². The molecule has 3 aromatic rings. The van der Waals surface area contributed by atoms with E-state index in [0.29, 0.717) is 49.1 Å². The van der Waals surface area contributed by atoms with Crippen LogP contribution in [0.3, 0.4) is 0 Å². The number of aromatic nitrogens is 2. The van der Waals surface area contributed by atoms with E-state index in [4.69, 9.17) is 9.57 Å². The molecular formula is C27H25N7O5. The lowest BCUT2D eigenvalue weighted by atomic mass is 10.2. The van der Waals surface area contributed by atoms with Gasteiger partial charge in [0.25, 0.3) is 11.8 Å². The number of rotatable bonds is 6. The fourth-order valence-electron chi connectivity index (χ4n) is 4.08. The van der Waals surface area contributed by atoms with Crippen molar-refractivity contribution < 1.29 is 24.0 Å². The first-order valence-electron chi connectivity index (χ1n) is 12.2. The van der Waals surface area contributed by atoms with E-state index < -0.39 is 17.8 Å². The van der Waals surface area contributed by atoms with E-state index in [1.165, 1.54) is 11.1 Å². The van der Waals surface area contributed by atoms with Gasteiger partial charge in [0.05, 0.1) is 12.8 Å². The molecule has 1 N–H and O–H groups in total. The molecule has 12 heteroatoms. The molecule has 39 heavy (non-hydrogen) atoms. The van der Waals surface area contributed by atoms with E-state index in [9.17, 15) is 14.4 Å². The predicted molar refractivity (Wildman–Crippen MR) is 142 cm³/mol. The minimum atomic E-state index is -0.732. The molecule has 0 bridgehead atoms. The molecule has 0 spiro atoms. The maximum absolute atomic E-state index is 13.7. The molecule has 0 radical (unpaired) electrons. The molecule has 2 amide bonds. The molecule has 0 atom stereocenters. The molecule has 1 aromatic heterocycles. The molecule has 2 aliphatic rings. The van der Waals surface area contributed by atoms with Crippen LogP contribution >= 0.6 is 0 Å². The van der Waals surface area contributed by atoms with Gasteiger partial charge < -0.3 is 19.4 Å². The lowest BCUT2D eigenvalue weighted by Crippen LogP contribution is -2.51. The van der Waals surface area contributed by atoms with E-state index >= 15 is 0 Å². The zero-order valence-electron chi connectivity index (χ0n) is 21.1. The molecule has 5 rings (SSSR count). The number of ether oxygens (including phenoxy) is 1. The highest BCUT2D eigenvalue weighted by Gasteiger charge is 2.32. The van der Waals surface area contributed by atoms with Gasteiger partial charge in [0, 0.05) is 50.2 Å². The van der Waals surface area contributed by atoms with E-state index in [1.807, 2.05) is 4.90 Å². The van der Waals surface area contributed by atoms with Crippen molar-refractivity contribution in [2.24, 2.45) is 4.99 Å². The number of nitrogens with zero attached hydrogens (tertiary/aromatic N) is 6. The summed E-state index contributed by atoms with van der Waals surface area (Å²) in [5.41, 5.74) is 3.19. The Morgan fingerprint density at radius 3 is 2.33 bits per heavy atom.